The quantitative estimate of drug-likeness (QED) is 0.400. The Bertz CT molecular complexity index is 1150. The number of carboxylic acid groups (broad SMARTS) is 1. The molecule has 1 aliphatic carbocycles. The maximum Gasteiger partial charge on any atom is 0.326 e. The van der Waals surface area contributed by atoms with Crippen molar-refractivity contribution in [3.8, 4) is 11.5 Å². The van der Waals surface area contributed by atoms with Crippen LogP contribution in [0.15, 0.2) is 24.0 Å². The van der Waals surface area contributed by atoms with Crippen LogP contribution >= 0.6 is 0 Å². The summed E-state index contributed by atoms with van der Waals surface area (Å²) in [5.74, 6) is -2.19. The lowest BCUT2D eigenvalue weighted by Gasteiger charge is -2.58. The van der Waals surface area contributed by atoms with E-state index in [9.17, 15) is 29.7 Å². The molecule has 2 aliphatic heterocycles. The summed E-state index contributed by atoms with van der Waals surface area (Å²) in [6.07, 6.45) is 1.08. The van der Waals surface area contributed by atoms with Crippen LogP contribution in [0.1, 0.15) is 57.6 Å². The summed E-state index contributed by atoms with van der Waals surface area (Å²) >= 11 is 0. The number of likely N-dealkylation sites (N-methyl/N-ethyl adjacent to an activating group) is 1. The van der Waals surface area contributed by atoms with Gasteiger partial charge in [-0.15, -0.1) is 0 Å². The number of phenolic OH excluding ortho intramolecular Hbond substituents is 1. The molecule has 0 radical (unpaired) electrons. The third-order valence-electron chi connectivity index (χ3n) is 8.37. The lowest BCUT2D eigenvalue weighted by molar-refractivity contribution is -0.162. The number of carboxylic acids is 1. The van der Waals surface area contributed by atoms with Crippen LogP contribution in [0, 0.1) is 12.8 Å². The van der Waals surface area contributed by atoms with E-state index in [1.54, 1.807) is 32.1 Å². The van der Waals surface area contributed by atoms with Gasteiger partial charge in [0.05, 0.1) is 17.4 Å². The number of amides is 1. The Morgan fingerprint density at radius 3 is 2.62 bits per heavy atom. The molecule has 5 atom stereocenters. The van der Waals surface area contributed by atoms with E-state index in [1.165, 1.54) is 0 Å². The lowest BCUT2D eigenvalue weighted by Crippen LogP contribution is -2.71. The number of rotatable bonds is 7. The van der Waals surface area contributed by atoms with E-state index < -0.39 is 41.0 Å². The minimum atomic E-state index is -1.24. The highest BCUT2D eigenvalue weighted by Crippen LogP contribution is 2.62. The molecule has 1 aromatic rings. The van der Waals surface area contributed by atoms with Gasteiger partial charge < -0.3 is 35.0 Å². The van der Waals surface area contributed by atoms with Crippen molar-refractivity contribution in [3.05, 3.63) is 35.1 Å². The van der Waals surface area contributed by atoms with Gasteiger partial charge in [-0.05, 0) is 57.5 Å². The molecule has 1 amide bonds. The zero-order valence-corrected chi connectivity index (χ0v) is 21.9. The summed E-state index contributed by atoms with van der Waals surface area (Å²) in [5.41, 5.74) is -0.583. The number of nitrogens with one attached hydrogen (secondary N) is 1. The first-order valence-electron chi connectivity index (χ1n) is 12.7. The molecular weight excluding hydrogens is 480 g/mol. The van der Waals surface area contributed by atoms with Gasteiger partial charge in [0.1, 0.15) is 11.8 Å². The zero-order chi connectivity index (χ0) is 27.3. The maximum absolute atomic E-state index is 12.8. The highest BCUT2D eigenvalue weighted by atomic mass is 16.6. The van der Waals surface area contributed by atoms with Crippen LogP contribution in [0.4, 0.5) is 0 Å². The van der Waals surface area contributed by atoms with Gasteiger partial charge in [-0.1, -0.05) is 19.9 Å². The second-order valence-corrected chi connectivity index (χ2v) is 10.8. The number of hydrogen-bond acceptors (Lipinski definition) is 8. The van der Waals surface area contributed by atoms with E-state index in [4.69, 9.17) is 9.47 Å². The van der Waals surface area contributed by atoms with Gasteiger partial charge in [0.2, 0.25) is 5.91 Å². The predicted molar refractivity (Wildman–Crippen MR) is 133 cm³/mol. The number of ether oxygens (including phenoxy) is 2. The molecule has 1 spiro atoms. The Morgan fingerprint density at radius 2 is 1.97 bits per heavy atom. The van der Waals surface area contributed by atoms with Crippen molar-refractivity contribution in [1.82, 2.24) is 10.2 Å². The molecule has 0 saturated carbocycles. The van der Waals surface area contributed by atoms with Crippen molar-refractivity contribution in [1.29, 1.82) is 0 Å². The third-order valence-corrected chi connectivity index (χ3v) is 8.37. The Balaban J connectivity index is 1.57. The predicted octanol–water partition coefficient (Wildman–Crippen LogP) is 1.99. The first-order valence-corrected chi connectivity index (χ1v) is 12.7. The average molecular weight is 517 g/mol. The molecule has 3 aliphatic rings. The Hall–Kier alpha value is -3.11. The molecule has 2 heterocycles. The van der Waals surface area contributed by atoms with Crippen LogP contribution in [-0.4, -0.2) is 75.4 Å². The van der Waals surface area contributed by atoms with E-state index in [0.717, 1.165) is 11.1 Å². The number of aliphatic carboxylic acids is 1. The lowest BCUT2D eigenvalue weighted by atomic mass is 9.54. The molecule has 1 fully saturated rings. The van der Waals surface area contributed by atoms with Crippen molar-refractivity contribution >= 4 is 17.8 Å². The van der Waals surface area contributed by atoms with E-state index in [1.807, 2.05) is 20.9 Å². The average Bonchev–Trinajstić information content (AvgIpc) is 3.20. The summed E-state index contributed by atoms with van der Waals surface area (Å²) in [4.78, 5) is 38.5. The molecular formula is C27H36N2O8. The van der Waals surface area contributed by atoms with Gasteiger partial charge in [0.15, 0.2) is 17.6 Å². The highest BCUT2D eigenvalue weighted by Gasteiger charge is 2.69. The zero-order valence-electron chi connectivity index (χ0n) is 21.9. The number of carbonyl (C=O) groups excluding carboxylic acids is 2. The van der Waals surface area contributed by atoms with Gasteiger partial charge in [-0.25, -0.2) is 4.79 Å². The smallest absolute Gasteiger partial charge is 0.326 e. The van der Waals surface area contributed by atoms with Gasteiger partial charge in [-0.3, -0.25) is 9.59 Å². The summed E-state index contributed by atoms with van der Waals surface area (Å²) in [6, 6.07) is 2.06. The van der Waals surface area contributed by atoms with E-state index in [-0.39, 0.29) is 48.5 Å². The second-order valence-electron chi connectivity index (χ2n) is 10.8. The van der Waals surface area contributed by atoms with Crippen molar-refractivity contribution in [3.63, 3.8) is 0 Å². The molecule has 0 bridgehead atoms. The third kappa shape index (κ3) is 4.25. The molecule has 1 saturated heterocycles. The fourth-order valence-electron chi connectivity index (χ4n) is 6.16. The van der Waals surface area contributed by atoms with E-state index in [0.29, 0.717) is 13.0 Å². The monoisotopic (exact) mass is 516 g/mol. The summed E-state index contributed by atoms with van der Waals surface area (Å²) in [6.45, 7) is 7.90. The minimum Gasteiger partial charge on any atom is -0.504 e. The van der Waals surface area contributed by atoms with Crippen LogP contribution in [0.25, 0.3) is 0 Å². The normalized spacial score (nSPS) is 29.3. The van der Waals surface area contributed by atoms with Crippen molar-refractivity contribution < 1.29 is 39.2 Å². The standard InChI is InChI=1S/C27H36N2O8/c1-14(2)22(25(33)34)28-19(31)8-9-20(32)36-18-10-11-27(35)16(4)29(5)13-12-26(27)21-15(3)6-7-17(30)23(21)37-24(18)26/h6-7,10,14,16,22,24,30,35H,8-9,11-13H2,1-5H3,(H,28,31)(H,33,34)/t16-,22?,24+,26+,27-/m1/s1. The Morgan fingerprint density at radius 1 is 1.27 bits per heavy atom. The van der Waals surface area contributed by atoms with Crippen molar-refractivity contribution in [2.75, 3.05) is 13.6 Å². The Kier molecular flexibility index (Phi) is 7.02. The molecule has 1 aromatic carbocycles. The van der Waals surface area contributed by atoms with Crippen LogP contribution in [0.3, 0.4) is 0 Å². The number of benzene rings is 1. The molecule has 37 heavy (non-hydrogen) atoms. The van der Waals surface area contributed by atoms with Crippen molar-refractivity contribution in [2.45, 2.75) is 82.6 Å². The number of aromatic hydroxyl groups is 1. The SMILES string of the molecule is Cc1ccc(O)c2c1[C@]13CCN(C)[C@H](C)[C@]1(O)CC=C(OC(=O)CCC(=O)NC(C(=O)O)C(C)C)[C@@H]3O2. The van der Waals surface area contributed by atoms with E-state index >= 15 is 0 Å². The van der Waals surface area contributed by atoms with Crippen LogP contribution in [0.5, 0.6) is 11.5 Å². The van der Waals surface area contributed by atoms with Gasteiger partial charge in [0.25, 0.3) is 0 Å². The maximum atomic E-state index is 12.8. The number of hydrogen-bond donors (Lipinski definition) is 4. The minimum absolute atomic E-state index is 0.0428. The molecule has 4 N–H and O–H groups in total. The van der Waals surface area contributed by atoms with Crippen LogP contribution in [-0.2, 0) is 24.5 Å². The molecule has 1 unspecified atom stereocenters. The molecule has 202 valence electrons. The van der Waals surface area contributed by atoms with Gasteiger partial charge in [-0.2, -0.15) is 0 Å². The largest absolute Gasteiger partial charge is 0.504 e. The highest BCUT2D eigenvalue weighted by molar-refractivity contribution is 5.86. The molecule has 0 aromatic heterocycles. The van der Waals surface area contributed by atoms with Crippen LogP contribution in [0.2, 0.25) is 0 Å². The second kappa shape index (κ2) is 9.64. The fourth-order valence-corrected chi connectivity index (χ4v) is 6.16. The summed E-state index contributed by atoms with van der Waals surface area (Å²) in [7, 11) is 1.95. The molecule has 4 rings (SSSR count). The van der Waals surface area contributed by atoms with Crippen molar-refractivity contribution in [2.24, 2.45) is 5.92 Å². The number of likely N-dealkylation sites (tertiary alicyclic amines) is 1. The summed E-state index contributed by atoms with van der Waals surface area (Å²) < 4.78 is 12.0. The topological polar surface area (TPSA) is 146 Å². The number of carbonyl (C=O) groups is 3. The number of aryl methyl sites for hydroxylation is 1. The van der Waals surface area contributed by atoms with Gasteiger partial charge >= 0.3 is 11.9 Å². The Labute approximate surface area is 216 Å². The molecule has 10 nitrogen and oxygen atoms in total. The summed E-state index contributed by atoms with van der Waals surface area (Å²) in [5, 5.41) is 34.5. The van der Waals surface area contributed by atoms with E-state index in [2.05, 4.69) is 10.2 Å². The first-order chi connectivity index (χ1) is 17.3. The number of nitrogens with zero attached hydrogens (tertiary/aromatic N) is 1. The number of piperidine rings is 1. The number of esters is 1. The first kappa shape index (κ1) is 26.9. The van der Waals surface area contributed by atoms with Crippen LogP contribution < -0.4 is 10.1 Å². The number of fused-ring (bicyclic) bond motifs is 1. The van der Waals surface area contributed by atoms with Gasteiger partial charge in [0, 0.05) is 24.4 Å². The number of aliphatic hydroxyl groups is 1. The number of phenols is 1. The fraction of sp³-hybridized carbons (Fsp3) is 0.593. The molecule has 10 heteroatoms.